The molecule has 0 saturated carbocycles. The van der Waals surface area contributed by atoms with Gasteiger partial charge in [-0.25, -0.2) is 4.98 Å². The van der Waals surface area contributed by atoms with Crippen LogP contribution >= 0.6 is 0 Å². The normalized spacial score (nSPS) is 14.8. The number of carbonyl (C=O) groups excluding carboxylic acids is 1. The number of nitrogens with zero attached hydrogens (tertiary/aromatic N) is 2. The first-order valence-electron chi connectivity index (χ1n) is 6.67. The summed E-state index contributed by atoms with van der Waals surface area (Å²) in [5, 5.41) is 0. The van der Waals surface area contributed by atoms with Crippen molar-refractivity contribution >= 4 is 5.91 Å². The van der Waals surface area contributed by atoms with Crippen molar-refractivity contribution in [2.45, 2.75) is 13.0 Å². The highest BCUT2D eigenvalue weighted by Gasteiger charge is 2.32. The second-order valence-corrected chi connectivity index (χ2v) is 4.93. The van der Waals surface area contributed by atoms with Crippen LogP contribution in [0.3, 0.4) is 0 Å². The first kappa shape index (κ1) is 12.7. The topological polar surface area (TPSA) is 42.4 Å². The first-order valence-corrected chi connectivity index (χ1v) is 6.67. The maximum Gasteiger partial charge on any atom is 0.254 e. The van der Waals surface area contributed by atoms with Crippen molar-refractivity contribution in [3.8, 4) is 5.88 Å². The fourth-order valence-corrected chi connectivity index (χ4v) is 2.20. The van der Waals surface area contributed by atoms with E-state index in [4.69, 9.17) is 4.74 Å². The third kappa shape index (κ3) is 2.64. The molecule has 2 aromatic rings. The molecule has 1 aromatic carbocycles. The van der Waals surface area contributed by atoms with E-state index in [1.807, 2.05) is 55.5 Å². The Morgan fingerprint density at radius 1 is 1.15 bits per heavy atom. The minimum absolute atomic E-state index is 0.0389. The summed E-state index contributed by atoms with van der Waals surface area (Å²) in [4.78, 5) is 18.2. The van der Waals surface area contributed by atoms with E-state index in [1.54, 1.807) is 4.90 Å². The van der Waals surface area contributed by atoms with Crippen molar-refractivity contribution in [1.82, 2.24) is 9.88 Å². The van der Waals surface area contributed by atoms with E-state index >= 15 is 0 Å². The molecule has 1 fully saturated rings. The summed E-state index contributed by atoms with van der Waals surface area (Å²) in [6.07, 6.45) is 0.0389. The molecule has 3 rings (SSSR count). The van der Waals surface area contributed by atoms with Crippen LogP contribution in [0.15, 0.2) is 48.5 Å². The maximum absolute atomic E-state index is 12.1. The van der Waals surface area contributed by atoms with Gasteiger partial charge in [-0.2, -0.15) is 0 Å². The number of carbonyl (C=O) groups is 1. The van der Waals surface area contributed by atoms with Crippen molar-refractivity contribution in [1.29, 1.82) is 0 Å². The lowest BCUT2D eigenvalue weighted by molar-refractivity contribution is 0.0159. The van der Waals surface area contributed by atoms with E-state index in [0.29, 0.717) is 19.0 Å². The molecule has 0 spiro atoms. The zero-order chi connectivity index (χ0) is 13.9. The van der Waals surface area contributed by atoms with E-state index in [9.17, 15) is 4.79 Å². The van der Waals surface area contributed by atoms with Gasteiger partial charge in [0.15, 0.2) is 0 Å². The van der Waals surface area contributed by atoms with Gasteiger partial charge in [-0.3, -0.25) is 4.79 Å². The summed E-state index contributed by atoms with van der Waals surface area (Å²) in [5.74, 6) is 0.685. The lowest BCUT2D eigenvalue weighted by Gasteiger charge is -2.38. The number of aromatic nitrogens is 1. The van der Waals surface area contributed by atoms with Gasteiger partial charge in [0.25, 0.3) is 5.91 Å². The number of ether oxygens (including phenoxy) is 1. The van der Waals surface area contributed by atoms with Gasteiger partial charge in [0.2, 0.25) is 5.88 Å². The Labute approximate surface area is 118 Å². The van der Waals surface area contributed by atoms with Crippen molar-refractivity contribution in [2.24, 2.45) is 0 Å². The largest absolute Gasteiger partial charge is 0.471 e. The Morgan fingerprint density at radius 2 is 1.90 bits per heavy atom. The van der Waals surface area contributed by atoms with E-state index in [-0.39, 0.29) is 12.0 Å². The number of hydrogen-bond donors (Lipinski definition) is 0. The van der Waals surface area contributed by atoms with Gasteiger partial charge in [-0.1, -0.05) is 24.3 Å². The molecule has 0 atom stereocenters. The molecule has 1 aliphatic heterocycles. The average molecular weight is 268 g/mol. The Morgan fingerprint density at radius 3 is 2.60 bits per heavy atom. The molecule has 2 heterocycles. The van der Waals surface area contributed by atoms with E-state index in [0.717, 1.165) is 11.3 Å². The molecule has 0 aliphatic carbocycles. The zero-order valence-electron chi connectivity index (χ0n) is 11.3. The van der Waals surface area contributed by atoms with Gasteiger partial charge >= 0.3 is 0 Å². The Balaban J connectivity index is 1.55. The smallest absolute Gasteiger partial charge is 0.254 e. The van der Waals surface area contributed by atoms with Gasteiger partial charge < -0.3 is 9.64 Å². The summed E-state index contributed by atoms with van der Waals surface area (Å²) in [6, 6.07) is 15.0. The third-order valence-corrected chi connectivity index (χ3v) is 3.31. The number of benzene rings is 1. The summed E-state index contributed by atoms with van der Waals surface area (Å²) in [7, 11) is 0. The summed E-state index contributed by atoms with van der Waals surface area (Å²) in [5.41, 5.74) is 1.65. The second-order valence-electron chi connectivity index (χ2n) is 4.93. The minimum atomic E-state index is 0.0389. The van der Waals surface area contributed by atoms with Gasteiger partial charge in [-0.05, 0) is 25.1 Å². The predicted octanol–water partition coefficient (Wildman–Crippen LogP) is 2.29. The molecule has 4 nitrogen and oxygen atoms in total. The first-order chi connectivity index (χ1) is 9.72. The van der Waals surface area contributed by atoms with Crippen LogP contribution in [0.25, 0.3) is 0 Å². The molecule has 4 heteroatoms. The van der Waals surface area contributed by atoms with Crippen LogP contribution in [0.4, 0.5) is 0 Å². The van der Waals surface area contributed by atoms with Gasteiger partial charge in [0.05, 0.1) is 13.1 Å². The van der Waals surface area contributed by atoms with Crippen LogP contribution in [0.1, 0.15) is 16.1 Å². The predicted molar refractivity (Wildman–Crippen MR) is 75.7 cm³/mol. The molecule has 0 unspecified atom stereocenters. The lowest BCUT2D eigenvalue weighted by Crippen LogP contribution is -2.56. The highest BCUT2D eigenvalue weighted by atomic mass is 16.5. The molecule has 102 valence electrons. The fourth-order valence-electron chi connectivity index (χ4n) is 2.20. The van der Waals surface area contributed by atoms with Gasteiger partial charge in [-0.15, -0.1) is 0 Å². The Hall–Kier alpha value is -2.36. The molecule has 0 N–H and O–H groups in total. The maximum atomic E-state index is 12.1. The van der Waals surface area contributed by atoms with E-state index in [1.165, 1.54) is 0 Å². The van der Waals surface area contributed by atoms with Crippen LogP contribution in [0, 0.1) is 6.92 Å². The number of amides is 1. The third-order valence-electron chi connectivity index (χ3n) is 3.31. The van der Waals surface area contributed by atoms with Gasteiger partial charge in [0.1, 0.15) is 6.10 Å². The quantitative estimate of drug-likeness (QED) is 0.857. The molecule has 0 bridgehead atoms. The lowest BCUT2D eigenvalue weighted by atomic mass is 10.1. The molecule has 0 radical (unpaired) electrons. The van der Waals surface area contributed by atoms with Crippen LogP contribution in [0.5, 0.6) is 5.88 Å². The molecular weight excluding hydrogens is 252 g/mol. The zero-order valence-corrected chi connectivity index (χ0v) is 11.3. The number of aryl methyl sites for hydroxylation is 1. The molecule has 1 amide bonds. The SMILES string of the molecule is Cc1cccc(OC2CN(C(=O)c3ccccc3)C2)n1. The van der Waals surface area contributed by atoms with E-state index in [2.05, 4.69) is 4.98 Å². The number of hydrogen-bond acceptors (Lipinski definition) is 3. The molecule has 1 aliphatic rings. The Kier molecular flexibility index (Phi) is 3.37. The summed E-state index contributed by atoms with van der Waals surface area (Å²) < 4.78 is 5.74. The highest BCUT2D eigenvalue weighted by Crippen LogP contribution is 2.18. The summed E-state index contributed by atoms with van der Waals surface area (Å²) >= 11 is 0. The number of pyridine rings is 1. The van der Waals surface area contributed by atoms with Gasteiger partial charge in [0, 0.05) is 17.3 Å². The van der Waals surface area contributed by atoms with Crippen molar-refractivity contribution in [3.05, 3.63) is 59.8 Å². The van der Waals surface area contributed by atoms with Crippen LogP contribution in [0.2, 0.25) is 0 Å². The highest BCUT2D eigenvalue weighted by molar-refractivity contribution is 5.94. The van der Waals surface area contributed by atoms with Crippen LogP contribution in [-0.4, -0.2) is 35.0 Å². The molecule has 20 heavy (non-hydrogen) atoms. The van der Waals surface area contributed by atoms with Crippen molar-refractivity contribution in [2.75, 3.05) is 13.1 Å². The average Bonchev–Trinajstić information content (AvgIpc) is 2.43. The molecular formula is C16H16N2O2. The Bertz CT molecular complexity index is 607. The standard InChI is InChI=1S/C16H16N2O2/c1-12-6-5-9-15(17-12)20-14-10-18(11-14)16(19)13-7-3-2-4-8-13/h2-9,14H,10-11H2,1H3. The summed E-state index contributed by atoms with van der Waals surface area (Å²) in [6.45, 7) is 3.16. The minimum Gasteiger partial charge on any atom is -0.471 e. The van der Waals surface area contributed by atoms with Crippen molar-refractivity contribution < 1.29 is 9.53 Å². The van der Waals surface area contributed by atoms with E-state index < -0.39 is 0 Å². The van der Waals surface area contributed by atoms with Crippen molar-refractivity contribution in [3.63, 3.8) is 0 Å². The number of likely N-dealkylation sites (tertiary alicyclic amines) is 1. The van der Waals surface area contributed by atoms with Crippen LogP contribution < -0.4 is 4.74 Å². The second kappa shape index (κ2) is 5.33. The molecule has 1 saturated heterocycles. The number of rotatable bonds is 3. The fraction of sp³-hybridized carbons (Fsp3) is 0.250. The monoisotopic (exact) mass is 268 g/mol. The van der Waals surface area contributed by atoms with Crippen LogP contribution in [-0.2, 0) is 0 Å². The molecule has 1 aromatic heterocycles.